The van der Waals surface area contributed by atoms with Gasteiger partial charge in [-0.05, 0) is 24.8 Å². The predicted octanol–water partition coefficient (Wildman–Crippen LogP) is 2.99. The molecule has 1 heterocycles. The number of carbonyl (C=O) groups excluding carboxylic acids is 2. The number of hydrogen-bond donors (Lipinski definition) is 0. The molecule has 0 aromatic heterocycles. The summed E-state index contributed by atoms with van der Waals surface area (Å²) >= 11 is 0. The van der Waals surface area contributed by atoms with Crippen molar-refractivity contribution >= 4 is 23.2 Å². The van der Waals surface area contributed by atoms with Crippen molar-refractivity contribution in [3.05, 3.63) is 28.3 Å². The predicted molar refractivity (Wildman–Crippen MR) is 102 cm³/mol. The summed E-state index contributed by atoms with van der Waals surface area (Å²) in [6.07, 6.45) is 0.888. The van der Waals surface area contributed by atoms with Gasteiger partial charge in [0.25, 0.3) is 11.6 Å². The molecule has 8 nitrogen and oxygen atoms in total. The van der Waals surface area contributed by atoms with Gasteiger partial charge in [0.15, 0.2) is 11.9 Å². The third kappa shape index (κ3) is 4.56. The Balaban J connectivity index is 2.37. The van der Waals surface area contributed by atoms with Crippen molar-refractivity contribution in [2.75, 3.05) is 24.5 Å². The Morgan fingerprint density at radius 2 is 1.93 bits per heavy atom. The lowest BCUT2D eigenvalue weighted by molar-refractivity contribution is -0.384. The molecule has 1 aromatic rings. The van der Waals surface area contributed by atoms with Crippen molar-refractivity contribution < 1.29 is 19.2 Å². The molecule has 148 valence electrons. The number of ether oxygens (including phenoxy) is 1. The minimum Gasteiger partial charge on any atom is -0.478 e. The van der Waals surface area contributed by atoms with Crippen LogP contribution >= 0.6 is 0 Å². The summed E-state index contributed by atoms with van der Waals surface area (Å²) in [5.74, 6) is -0.314. The SMILES string of the molecule is CCCN(CCC)C(=O)CN1C(=O)C(C(C)C)Oc2cc([N+](=O)[O-])ccc21. The van der Waals surface area contributed by atoms with Crippen molar-refractivity contribution in [3.8, 4) is 5.75 Å². The molecule has 2 amide bonds. The number of benzene rings is 1. The van der Waals surface area contributed by atoms with Gasteiger partial charge in [-0.2, -0.15) is 0 Å². The van der Waals surface area contributed by atoms with E-state index < -0.39 is 11.0 Å². The van der Waals surface area contributed by atoms with Gasteiger partial charge < -0.3 is 9.64 Å². The second-order valence-corrected chi connectivity index (χ2v) is 7.00. The van der Waals surface area contributed by atoms with Gasteiger partial charge in [-0.3, -0.25) is 24.6 Å². The zero-order valence-electron chi connectivity index (χ0n) is 16.3. The van der Waals surface area contributed by atoms with E-state index in [1.807, 2.05) is 27.7 Å². The fraction of sp³-hybridized carbons (Fsp3) is 0.579. The highest BCUT2D eigenvalue weighted by atomic mass is 16.6. The first-order chi connectivity index (χ1) is 12.8. The summed E-state index contributed by atoms with van der Waals surface area (Å²) in [6, 6.07) is 4.10. The molecule has 0 fully saturated rings. The lowest BCUT2D eigenvalue weighted by Gasteiger charge is -2.36. The van der Waals surface area contributed by atoms with Gasteiger partial charge in [0.1, 0.15) is 6.54 Å². The zero-order chi connectivity index (χ0) is 20.1. The molecule has 1 aliphatic heterocycles. The summed E-state index contributed by atoms with van der Waals surface area (Å²) in [4.78, 5) is 39.4. The molecule has 8 heteroatoms. The summed E-state index contributed by atoms with van der Waals surface area (Å²) in [5.41, 5.74) is 0.277. The van der Waals surface area contributed by atoms with Crippen LogP contribution in [0.25, 0.3) is 0 Å². The smallest absolute Gasteiger partial charge is 0.273 e. The second-order valence-electron chi connectivity index (χ2n) is 7.00. The fourth-order valence-electron chi connectivity index (χ4n) is 3.11. The van der Waals surface area contributed by atoms with Crippen LogP contribution in [0.15, 0.2) is 18.2 Å². The first-order valence-electron chi connectivity index (χ1n) is 9.34. The number of hydrogen-bond acceptors (Lipinski definition) is 5. The first kappa shape index (κ1) is 20.7. The van der Waals surface area contributed by atoms with Crippen LogP contribution in [0.4, 0.5) is 11.4 Å². The van der Waals surface area contributed by atoms with Gasteiger partial charge in [0.2, 0.25) is 5.91 Å². The average molecular weight is 377 g/mol. The molecule has 0 bridgehead atoms. The lowest BCUT2D eigenvalue weighted by atomic mass is 10.0. The van der Waals surface area contributed by atoms with Crippen molar-refractivity contribution in [1.82, 2.24) is 4.90 Å². The summed E-state index contributed by atoms with van der Waals surface area (Å²) in [6.45, 7) is 8.84. The van der Waals surface area contributed by atoms with Gasteiger partial charge in [-0.25, -0.2) is 0 Å². The van der Waals surface area contributed by atoms with Crippen molar-refractivity contribution in [2.24, 2.45) is 5.92 Å². The monoisotopic (exact) mass is 377 g/mol. The van der Waals surface area contributed by atoms with Crippen LogP contribution < -0.4 is 9.64 Å². The van der Waals surface area contributed by atoms with Gasteiger partial charge in [-0.1, -0.05) is 27.7 Å². The second kappa shape index (κ2) is 8.83. The van der Waals surface area contributed by atoms with Crippen LogP contribution in [0.2, 0.25) is 0 Å². The number of anilines is 1. The molecule has 0 radical (unpaired) electrons. The van der Waals surface area contributed by atoms with E-state index in [9.17, 15) is 19.7 Å². The highest BCUT2D eigenvalue weighted by Gasteiger charge is 2.38. The molecule has 1 atom stereocenters. The Morgan fingerprint density at radius 3 is 2.44 bits per heavy atom. The van der Waals surface area contributed by atoms with E-state index >= 15 is 0 Å². The minimum atomic E-state index is -0.780. The minimum absolute atomic E-state index is 0.101. The molecule has 27 heavy (non-hydrogen) atoms. The number of amides is 2. The molecule has 2 rings (SSSR count). The number of carbonyl (C=O) groups is 2. The van der Waals surface area contributed by atoms with Crippen molar-refractivity contribution in [3.63, 3.8) is 0 Å². The molecule has 1 aromatic carbocycles. The van der Waals surface area contributed by atoms with Crippen LogP contribution in [0.5, 0.6) is 5.75 Å². The van der Waals surface area contributed by atoms with Crippen molar-refractivity contribution in [1.29, 1.82) is 0 Å². The largest absolute Gasteiger partial charge is 0.478 e. The van der Waals surface area contributed by atoms with Crippen LogP contribution in [-0.4, -0.2) is 47.4 Å². The van der Waals surface area contributed by atoms with Gasteiger partial charge in [0.05, 0.1) is 16.7 Å². The van der Waals surface area contributed by atoms with Crippen molar-refractivity contribution in [2.45, 2.75) is 46.6 Å². The third-order valence-corrected chi connectivity index (χ3v) is 4.45. The maximum absolute atomic E-state index is 12.9. The summed E-state index contributed by atoms with van der Waals surface area (Å²) in [5, 5.41) is 11.1. The molecule has 1 aliphatic rings. The molecular weight excluding hydrogens is 350 g/mol. The van der Waals surface area contributed by atoms with E-state index in [1.54, 1.807) is 4.90 Å². The summed E-state index contributed by atoms with van der Waals surface area (Å²) in [7, 11) is 0. The zero-order valence-corrected chi connectivity index (χ0v) is 16.3. The Kier molecular flexibility index (Phi) is 6.76. The molecule has 0 spiro atoms. The van der Waals surface area contributed by atoms with E-state index in [4.69, 9.17) is 4.74 Å². The molecule has 0 aliphatic carbocycles. The molecule has 0 saturated carbocycles. The highest BCUT2D eigenvalue weighted by molar-refractivity contribution is 6.04. The number of nitrogens with zero attached hydrogens (tertiary/aromatic N) is 3. The number of non-ortho nitro benzene ring substituents is 1. The number of fused-ring (bicyclic) bond motifs is 1. The molecule has 1 unspecified atom stereocenters. The van der Waals surface area contributed by atoms with E-state index in [1.165, 1.54) is 23.1 Å². The lowest BCUT2D eigenvalue weighted by Crippen LogP contribution is -2.52. The highest BCUT2D eigenvalue weighted by Crippen LogP contribution is 2.38. The topological polar surface area (TPSA) is 93.0 Å². The van der Waals surface area contributed by atoms with E-state index in [0.717, 1.165) is 12.8 Å². The standard InChI is InChI=1S/C19H27N3O5/c1-5-9-20(10-6-2)17(23)12-21-15-8-7-14(22(25)26)11-16(15)27-18(13(3)4)19(21)24/h7-8,11,13,18H,5-6,9-10,12H2,1-4H3. The fourth-order valence-corrected chi connectivity index (χ4v) is 3.11. The van der Waals surface area contributed by atoms with Crippen LogP contribution in [0.3, 0.4) is 0 Å². The third-order valence-electron chi connectivity index (χ3n) is 4.45. The molecular formula is C19H27N3O5. The average Bonchev–Trinajstić information content (AvgIpc) is 2.62. The maximum Gasteiger partial charge on any atom is 0.273 e. The van der Waals surface area contributed by atoms with Gasteiger partial charge >= 0.3 is 0 Å². The quantitative estimate of drug-likeness (QED) is 0.513. The number of rotatable bonds is 8. The van der Waals surface area contributed by atoms with Crippen LogP contribution in [0, 0.1) is 16.0 Å². The van der Waals surface area contributed by atoms with Gasteiger partial charge in [-0.15, -0.1) is 0 Å². The van der Waals surface area contributed by atoms with Crippen LogP contribution in [-0.2, 0) is 9.59 Å². The van der Waals surface area contributed by atoms with E-state index in [-0.39, 0.29) is 35.7 Å². The Bertz CT molecular complexity index is 713. The number of nitro groups is 1. The first-order valence-corrected chi connectivity index (χ1v) is 9.34. The molecule has 0 saturated heterocycles. The van der Waals surface area contributed by atoms with E-state index in [0.29, 0.717) is 18.8 Å². The summed E-state index contributed by atoms with van der Waals surface area (Å²) < 4.78 is 5.74. The Morgan fingerprint density at radius 1 is 1.30 bits per heavy atom. The van der Waals surface area contributed by atoms with Gasteiger partial charge in [0, 0.05) is 19.2 Å². The molecule has 0 N–H and O–H groups in total. The number of nitro benzene ring substituents is 1. The maximum atomic E-state index is 12.9. The normalized spacial score (nSPS) is 16.1. The Labute approximate surface area is 159 Å². The van der Waals surface area contributed by atoms with E-state index in [2.05, 4.69) is 0 Å². The Hall–Kier alpha value is -2.64. The van der Waals surface area contributed by atoms with Crippen LogP contribution in [0.1, 0.15) is 40.5 Å².